The van der Waals surface area contributed by atoms with Crippen molar-refractivity contribution in [3.8, 4) is 11.1 Å². The van der Waals surface area contributed by atoms with Gasteiger partial charge in [-0.05, 0) is 36.1 Å². The van der Waals surface area contributed by atoms with Gasteiger partial charge in [-0.2, -0.15) is 0 Å². The number of hydrogen-bond acceptors (Lipinski definition) is 1. The summed E-state index contributed by atoms with van der Waals surface area (Å²) in [5.74, 6) is 0. The molecule has 0 radical (unpaired) electrons. The molecule has 1 aliphatic rings. The highest BCUT2D eigenvalue weighted by Gasteiger charge is 2.14. The van der Waals surface area contributed by atoms with Crippen LogP contribution in [0.5, 0.6) is 0 Å². The summed E-state index contributed by atoms with van der Waals surface area (Å²) in [5, 5.41) is 0. The Morgan fingerprint density at radius 1 is 0.765 bits per heavy atom. The van der Waals surface area contributed by atoms with Gasteiger partial charge < -0.3 is 4.74 Å². The summed E-state index contributed by atoms with van der Waals surface area (Å²) in [6.07, 6.45) is 0. The maximum absolute atomic E-state index is 5.76. The van der Waals surface area contributed by atoms with Crippen molar-refractivity contribution in [2.24, 2.45) is 0 Å². The van der Waals surface area contributed by atoms with Crippen LogP contribution in [0.4, 0.5) is 0 Å². The summed E-state index contributed by atoms with van der Waals surface area (Å²) in [6, 6.07) is 13.2. The fourth-order valence-corrected chi connectivity index (χ4v) is 2.48. The van der Waals surface area contributed by atoms with Crippen LogP contribution in [0.2, 0.25) is 0 Å². The third kappa shape index (κ3) is 1.87. The van der Waals surface area contributed by atoms with Crippen molar-refractivity contribution in [2.45, 2.75) is 27.1 Å². The Labute approximate surface area is 102 Å². The zero-order valence-electron chi connectivity index (χ0n) is 10.3. The second-order valence-electron chi connectivity index (χ2n) is 4.81. The van der Waals surface area contributed by atoms with E-state index in [2.05, 4.69) is 50.2 Å². The van der Waals surface area contributed by atoms with Gasteiger partial charge in [0.15, 0.2) is 0 Å². The van der Waals surface area contributed by atoms with Gasteiger partial charge in [-0.1, -0.05) is 47.5 Å². The number of aryl methyl sites for hydroxylation is 2. The zero-order valence-corrected chi connectivity index (χ0v) is 10.3. The van der Waals surface area contributed by atoms with Gasteiger partial charge in [0.2, 0.25) is 0 Å². The van der Waals surface area contributed by atoms with Gasteiger partial charge in [0, 0.05) is 0 Å². The van der Waals surface area contributed by atoms with Crippen molar-refractivity contribution in [3.05, 3.63) is 58.7 Å². The highest BCUT2D eigenvalue weighted by atomic mass is 16.5. The first-order valence-electron chi connectivity index (χ1n) is 6.01. The lowest BCUT2D eigenvalue weighted by molar-refractivity contribution is 0.109. The molecule has 1 nitrogen and oxygen atoms in total. The maximum Gasteiger partial charge on any atom is 0.0727 e. The Balaban J connectivity index is 2.24. The van der Waals surface area contributed by atoms with Gasteiger partial charge in [-0.15, -0.1) is 0 Å². The number of hydrogen-bond donors (Lipinski definition) is 0. The topological polar surface area (TPSA) is 9.23 Å². The highest BCUT2D eigenvalue weighted by molar-refractivity contribution is 5.72. The van der Waals surface area contributed by atoms with E-state index in [4.69, 9.17) is 4.74 Å². The van der Waals surface area contributed by atoms with E-state index >= 15 is 0 Å². The standard InChI is InChI=1S/C16H16O/c1-11-3-5-15-13(7-11)9-17-10-14-8-12(2)4-6-16(14)15/h3-8H,9-10H2,1-2H3. The van der Waals surface area contributed by atoms with Gasteiger partial charge in [0.25, 0.3) is 0 Å². The molecule has 0 atom stereocenters. The lowest BCUT2D eigenvalue weighted by Crippen LogP contribution is -1.90. The monoisotopic (exact) mass is 224 g/mol. The Bertz CT molecular complexity index is 518. The van der Waals surface area contributed by atoms with E-state index in [0.29, 0.717) is 13.2 Å². The average Bonchev–Trinajstić information content (AvgIpc) is 2.47. The fraction of sp³-hybridized carbons (Fsp3) is 0.250. The molecule has 3 rings (SSSR count). The molecule has 1 aliphatic heterocycles. The molecule has 0 fully saturated rings. The molecule has 0 amide bonds. The van der Waals surface area contributed by atoms with Gasteiger partial charge >= 0.3 is 0 Å². The van der Waals surface area contributed by atoms with Crippen LogP contribution in [0.15, 0.2) is 36.4 Å². The lowest BCUT2D eigenvalue weighted by atomic mass is 9.94. The summed E-state index contributed by atoms with van der Waals surface area (Å²) in [4.78, 5) is 0. The fourth-order valence-electron chi connectivity index (χ4n) is 2.48. The molecule has 2 aromatic carbocycles. The Morgan fingerprint density at radius 2 is 1.24 bits per heavy atom. The molecular formula is C16H16O. The average molecular weight is 224 g/mol. The highest BCUT2D eigenvalue weighted by Crippen LogP contribution is 2.32. The number of benzene rings is 2. The molecule has 0 bridgehead atoms. The molecule has 17 heavy (non-hydrogen) atoms. The van der Waals surface area contributed by atoms with Crippen LogP contribution in [0.3, 0.4) is 0 Å². The molecule has 2 aromatic rings. The van der Waals surface area contributed by atoms with Crippen molar-refractivity contribution in [1.82, 2.24) is 0 Å². The smallest absolute Gasteiger partial charge is 0.0727 e. The normalized spacial score (nSPS) is 13.8. The van der Waals surface area contributed by atoms with Crippen molar-refractivity contribution < 1.29 is 4.74 Å². The molecule has 0 saturated carbocycles. The van der Waals surface area contributed by atoms with Crippen LogP contribution in [-0.4, -0.2) is 0 Å². The van der Waals surface area contributed by atoms with Crippen LogP contribution < -0.4 is 0 Å². The van der Waals surface area contributed by atoms with E-state index < -0.39 is 0 Å². The summed E-state index contributed by atoms with van der Waals surface area (Å²) in [7, 11) is 0. The number of ether oxygens (including phenoxy) is 1. The molecule has 0 unspecified atom stereocenters. The van der Waals surface area contributed by atoms with Crippen LogP contribution in [-0.2, 0) is 18.0 Å². The molecule has 0 aromatic heterocycles. The van der Waals surface area contributed by atoms with Gasteiger partial charge in [0.1, 0.15) is 0 Å². The lowest BCUT2D eigenvalue weighted by Gasteiger charge is -2.09. The number of fused-ring (bicyclic) bond motifs is 3. The van der Waals surface area contributed by atoms with E-state index in [-0.39, 0.29) is 0 Å². The summed E-state index contributed by atoms with van der Waals surface area (Å²) < 4.78 is 5.76. The van der Waals surface area contributed by atoms with Crippen molar-refractivity contribution in [1.29, 1.82) is 0 Å². The first-order chi connectivity index (χ1) is 8.24. The van der Waals surface area contributed by atoms with E-state index in [0.717, 1.165) is 0 Å². The van der Waals surface area contributed by atoms with Crippen LogP contribution >= 0.6 is 0 Å². The third-order valence-corrected chi connectivity index (χ3v) is 3.33. The first-order valence-corrected chi connectivity index (χ1v) is 6.01. The van der Waals surface area contributed by atoms with Crippen molar-refractivity contribution in [3.63, 3.8) is 0 Å². The Morgan fingerprint density at radius 3 is 1.71 bits per heavy atom. The molecule has 86 valence electrons. The minimum absolute atomic E-state index is 0.713. The largest absolute Gasteiger partial charge is 0.372 e. The van der Waals surface area contributed by atoms with Crippen molar-refractivity contribution in [2.75, 3.05) is 0 Å². The van der Waals surface area contributed by atoms with E-state index in [1.54, 1.807) is 0 Å². The first kappa shape index (κ1) is 10.5. The van der Waals surface area contributed by atoms with Crippen LogP contribution in [0.1, 0.15) is 22.3 Å². The summed E-state index contributed by atoms with van der Waals surface area (Å²) in [6.45, 7) is 5.68. The van der Waals surface area contributed by atoms with Gasteiger partial charge in [-0.3, -0.25) is 0 Å². The quantitative estimate of drug-likeness (QED) is 0.657. The second-order valence-corrected chi connectivity index (χ2v) is 4.81. The van der Waals surface area contributed by atoms with E-state index in [9.17, 15) is 0 Å². The van der Waals surface area contributed by atoms with E-state index in [1.165, 1.54) is 33.4 Å². The van der Waals surface area contributed by atoms with E-state index in [1.807, 2.05) is 0 Å². The van der Waals surface area contributed by atoms with Gasteiger partial charge in [0.05, 0.1) is 13.2 Å². The molecule has 1 heteroatoms. The minimum atomic E-state index is 0.713. The van der Waals surface area contributed by atoms with Crippen LogP contribution in [0, 0.1) is 13.8 Å². The number of rotatable bonds is 0. The molecule has 1 heterocycles. The molecular weight excluding hydrogens is 208 g/mol. The molecule has 0 spiro atoms. The minimum Gasteiger partial charge on any atom is -0.372 e. The maximum atomic E-state index is 5.76. The summed E-state index contributed by atoms with van der Waals surface area (Å²) >= 11 is 0. The zero-order chi connectivity index (χ0) is 11.8. The molecule has 0 aliphatic carbocycles. The molecule has 0 N–H and O–H groups in total. The SMILES string of the molecule is Cc1ccc2c(c1)COCc1cc(C)ccc1-2. The second kappa shape index (κ2) is 4.01. The Hall–Kier alpha value is -1.60. The Kier molecular flexibility index (Phi) is 2.49. The molecule has 0 saturated heterocycles. The predicted molar refractivity (Wildman–Crippen MR) is 69.8 cm³/mol. The van der Waals surface area contributed by atoms with Crippen molar-refractivity contribution >= 4 is 0 Å². The third-order valence-electron chi connectivity index (χ3n) is 3.33. The van der Waals surface area contributed by atoms with Gasteiger partial charge in [-0.25, -0.2) is 0 Å². The van der Waals surface area contributed by atoms with Crippen LogP contribution in [0.25, 0.3) is 11.1 Å². The predicted octanol–water partition coefficient (Wildman–Crippen LogP) is 4.00. The summed E-state index contributed by atoms with van der Waals surface area (Å²) in [5.41, 5.74) is 7.83.